The topological polar surface area (TPSA) is 152 Å². The number of methoxy groups -OCH3 is 1. The van der Waals surface area contributed by atoms with Crippen LogP contribution < -0.4 is 5.32 Å². The molecule has 0 unspecified atom stereocenters. The Balaban J connectivity index is 1.81. The Morgan fingerprint density at radius 3 is 2.44 bits per heavy atom. The molecule has 11 heteroatoms. The normalized spacial score (nSPS) is 26.4. The molecule has 2 amide bonds. The molecule has 2 aliphatic heterocycles. The summed E-state index contributed by atoms with van der Waals surface area (Å²) >= 11 is 0. The zero-order valence-corrected chi connectivity index (χ0v) is 19.1. The van der Waals surface area contributed by atoms with E-state index in [0.29, 0.717) is 12.8 Å². The number of esters is 2. The SMILES string of the molecule is CCOC(=O)[C@@H]1[C@@H]2CC[C@@H]([C@@H](O)[C@H]2O)N1C(=O)[C@H](CC(=O)OC)NC(=O)OCc1ccccc1. The van der Waals surface area contributed by atoms with Crippen LogP contribution in [0.3, 0.4) is 0 Å². The maximum Gasteiger partial charge on any atom is 0.408 e. The molecule has 4 rings (SSSR count). The van der Waals surface area contributed by atoms with Crippen molar-refractivity contribution in [2.45, 2.75) is 63.1 Å². The van der Waals surface area contributed by atoms with Crippen LogP contribution in [0, 0.1) is 5.92 Å². The number of carbonyl (C=O) groups excluding carboxylic acids is 4. The highest BCUT2D eigenvalue weighted by Crippen LogP contribution is 2.41. The maximum atomic E-state index is 13.6. The molecule has 2 heterocycles. The minimum absolute atomic E-state index is 0.0586. The van der Waals surface area contributed by atoms with Crippen LogP contribution in [0.15, 0.2) is 30.3 Å². The van der Waals surface area contributed by atoms with Crippen LogP contribution >= 0.6 is 0 Å². The Bertz CT molecular complexity index is 894. The number of amides is 2. The van der Waals surface area contributed by atoms with Gasteiger partial charge in [-0.2, -0.15) is 0 Å². The van der Waals surface area contributed by atoms with Gasteiger partial charge in [-0.1, -0.05) is 30.3 Å². The fourth-order valence-electron chi connectivity index (χ4n) is 4.60. The van der Waals surface area contributed by atoms with Gasteiger partial charge in [0.05, 0.1) is 32.3 Å². The second-order valence-corrected chi connectivity index (χ2v) is 8.27. The third kappa shape index (κ3) is 5.48. The summed E-state index contributed by atoms with van der Waals surface area (Å²) in [4.78, 5) is 51.9. The molecular weight excluding hydrogens is 448 g/mol. The highest BCUT2D eigenvalue weighted by Gasteiger charge is 2.57. The number of nitrogens with zero attached hydrogens (tertiary/aromatic N) is 1. The summed E-state index contributed by atoms with van der Waals surface area (Å²) in [6.45, 7) is 1.61. The van der Waals surface area contributed by atoms with Crippen molar-refractivity contribution in [3.05, 3.63) is 35.9 Å². The molecule has 34 heavy (non-hydrogen) atoms. The van der Waals surface area contributed by atoms with Crippen molar-refractivity contribution >= 4 is 23.9 Å². The predicted molar refractivity (Wildman–Crippen MR) is 116 cm³/mol. The summed E-state index contributed by atoms with van der Waals surface area (Å²) in [6.07, 6.45) is -3.20. The number of hydrogen-bond acceptors (Lipinski definition) is 9. The maximum absolute atomic E-state index is 13.6. The van der Waals surface area contributed by atoms with E-state index >= 15 is 0 Å². The number of hydrogen-bond donors (Lipinski definition) is 3. The zero-order chi connectivity index (χ0) is 24.8. The molecule has 3 aliphatic rings. The van der Waals surface area contributed by atoms with Crippen LogP contribution in [0.4, 0.5) is 4.79 Å². The third-order valence-electron chi connectivity index (χ3n) is 6.23. The first kappa shape index (κ1) is 25.4. The van der Waals surface area contributed by atoms with Crippen LogP contribution in [0.2, 0.25) is 0 Å². The van der Waals surface area contributed by atoms with E-state index < -0.39 is 66.6 Å². The van der Waals surface area contributed by atoms with Crippen LogP contribution in [0.5, 0.6) is 0 Å². The molecule has 3 fully saturated rings. The number of fused-ring (bicyclic) bond motifs is 3. The first-order chi connectivity index (χ1) is 16.3. The quantitative estimate of drug-likeness (QED) is 0.349. The standard InChI is InChI=1S/C23H30N2O9/c1-3-33-22(30)18-14-9-10-16(20(28)19(14)27)25(18)21(29)15(11-17(26)32-2)24-23(31)34-12-13-7-5-4-6-8-13/h4-8,14-16,18-20,27-28H,3,9-12H2,1-2H3,(H,24,31)/t14-,15-,16-,18-,19-,20+/m0/s1. The molecule has 2 bridgehead atoms. The lowest BCUT2D eigenvalue weighted by Gasteiger charge is -2.54. The van der Waals surface area contributed by atoms with E-state index in [0.717, 1.165) is 17.6 Å². The number of aliphatic hydroxyl groups excluding tert-OH is 2. The summed E-state index contributed by atoms with van der Waals surface area (Å²) < 4.78 is 14.9. The van der Waals surface area contributed by atoms with Crippen LogP contribution in [0.1, 0.15) is 31.7 Å². The third-order valence-corrected chi connectivity index (χ3v) is 6.23. The van der Waals surface area contributed by atoms with E-state index in [2.05, 4.69) is 10.1 Å². The lowest BCUT2D eigenvalue weighted by Crippen LogP contribution is -2.72. The number of piperidine rings is 2. The highest BCUT2D eigenvalue weighted by atomic mass is 16.6. The molecule has 2 saturated heterocycles. The van der Waals surface area contributed by atoms with Crippen molar-refractivity contribution in [3.8, 4) is 0 Å². The second-order valence-electron chi connectivity index (χ2n) is 8.27. The van der Waals surface area contributed by atoms with Crippen LogP contribution in [-0.4, -0.2) is 83.1 Å². The lowest BCUT2D eigenvalue weighted by molar-refractivity contribution is -0.196. The smallest absolute Gasteiger partial charge is 0.408 e. The van der Waals surface area contributed by atoms with Gasteiger partial charge in [-0.15, -0.1) is 0 Å². The van der Waals surface area contributed by atoms with Gasteiger partial charge in [0.1, 0.15) is 24.8 Å². The molecule has 3 N–H and O–H groups in total. The zero-order valence-electron chi connectivity index (χ0n) is 19.1. The summed E-state index contributed by atoms with van der Waals surface area (Å²) in [5.41, 5.74) is 0.723. The molecular formula is C23H30N2O9. The molecule has 1 saturated carbocycles. The fourth-order valence-corrected chi connectivity index (χ4v) is 4.60. The molecule has 0 spiro atoms. The van der Waals surface area contributed by atoms with Crippen molar-refractivity contribution in [1.29, 1.82) is 0 Å². The Kier molecular flexibility index (Phi) is 8.46. The van der Waals surface area contributed by atoms with E-state index in [1.807, 2.05) is 6.07 Å². The minimum atomic E-state index is -1.42. The van der Waals surface area contributed by atoms with Crippen LogP contribution in [-0.2, 0) is 35.2 Å². The Hall–Kier alpha value is -3.18. The number of rotatable bonds is 8. The van der Waals surface area contributed by atoms with Crippen LogP contribution in [0.25, 0.3) is 0 Å². The summed E-state index contributed by atoms with van der Waals surface area (Å²) in [5.74, 6) is -3.01. The Labute approximate surface area is 197 Å². The van der Waals surface area contributed by atoms with Gasteiger partial charge in [-0.05, 0) is 25.3 Å². The van der Waals surface area contributed by atoms with E-state index in [1.54, 1.807) is 31.2 Å². The molecule has 0 radical (unpaired) electrons. The largest absolute Gasteiger partial charge is 0.469 e. The molecule has 0 aromatic heterocycles. The highest BCUT2D eigenvalue weighted by molar-refractivity contribution is 5.93. The van der Waals surface area contributed by atoms with Crippen molar-refractivity contribution in [3.63, 3.8) is 0 Å². The molecule has 1 aromatic rings. The molecule has 11 nitrogen and oxygen atoms in total. The van der Waals surface area contributed by atoms with Crippen molar-refractivity contribution in [2.24, 2.45) is 5.92 Å². The first-order valence-electron chi connectivity index (χ1n) is 11.2. The molecule has 6 atom stereocenters. The molecule has 1 aromatic carbocycles. The predicted octanol–water partition coefficient (Wildman–Crippen LogP) is 0.119. The Morgan fingerprint density at radius 2 is 1.79 bits per heavy atom. The van der Waals surface area contributed by atoms with Gasteiger partial charge in [0, 0.05) is 5.92 Å². The van der Waals surface area contributed by atoms with E-state index in [-0.39, 0.29) is 13.2 Å². The number of nitrogens with one attached hydrogen (secondary N) is 1. The molecule has 1 aliphatic carbocycles. The second kappa shape index (κ2) is 11.3. The first-order valence-corrected chi connectivity index (χ1v) is 11.2. The number of alkyl carbamates (subject to hydrolysis) is 1. The van der Waals surface area contributed by atoms with Gasteiger partial charge in [0.2, 0.25) is 5.91 Å². The monoisotopic (exact) mass is 478 g/mol. The van der Waals surface area contributed by atoms with Gasteiger partial charge < -0.3 is 34.6 Å². The average Bonchev–Trinajstić information content (AvgIpc) is 2.84. The number of aliphatic hydroxyl groups is 2. The van der Waals surface area contributed by atoms with Crippen molar-refractivity contribution < 1.29 is 43.6 Å². The van der Waals surface area contributed by atoms with Gasteiger partial charge >= 0.3 is 18.0 Å². The number of ether oxygens (including phenoxy) is 3. The van der Waals surface area contributed by atoms with E-state index in [4.69, 9.17) is 9.47 Å². The van der Waals surface area contributed by atoms with Crippen molar-refractivity contribution in [2.75, 3.05) is 13.7 Å². The fraction of sp³-hybridized carbons (Fsp3) is 0.565. The Morgan fingerprint density at radius 1 is 1.09 bits per heavy atom. The van der Waals surface area contributed by atoms with E-state index in [1.165, 1.54) is 0 Å². The summed E-state index contributed by atoms with van der Waals surface area (Å²) in [6, 6.07) is 5.41. The van der Waals surface area contributed by atoms with Gasteiger partial charge in [-0.25, -0.2) is 9.59 Å². The number of carbonyl (C=O) groups is 4. The minimum Gasteiger partial charge on any atom is -0.469 e. The summed E-state index contributed by atoms with van der Waals surface area (Å²) in [5, 5.41) is 23.3. The van der Waals surface area contributed by atoms with Gasteiger partial charge in [0.15, 0.2) is 0 Å². The van der Waals surface area contributed by atoms with Gasteiger partial charge in [-0.3, -0.25) is 9.59 Å². The van der Waals surface area contributed by atoms with Crippen molar-refractivity contribution in [1.82, 2.24) is 10.2 Å². The van der Waals surface area contributed by atoms with Gasteiger partial charge in [0.25, 0.3) is 0 Å². The summed E-state index contributed by atoms with van der Waals surface area (Å²) in [7, 11) is 1.14. The molecule has 186 valence electrons. The average molecular weight is 478 g/mol. The lowest BCUT2D eigenvalue weighted by atomic mass is 9.70. The number of benzene rings is 1. The van der Waals surface area contributed by atoms with E-state index in [9.17, 15) is 29.4 Å².